The molecule has 0 radical (unpaired) electrons. The highest BCUT2D eigenvalue weighted by Gasteiger charge is 2.68. The molecule has 4 fully saturated rings. The summed E-state index contributed by atoms with van der Waals surface area (Å²) in [6.07, 6.45) is 6.04. The van der Waals surface area contributed by atoms with Gasteiger partial charge in [0.05, 0.1) is 36.1 Å². The molecule has 252 valence electrons. The molecule has 3 saturated carbocycles. The van der Waals surface area contributed by atoms with E-state index in [2.05, 4.69) is 33.0 Å². The van der Waals surface area contributed by atoms with Gasteiger partial charge in [0.2, 0.25) is 5.91 Å². The summed E-state index contributed by atoms with van der Waals surface area (Å²) in [7, 11) is 2.45. The van der Waals surface area contributed by atoms with Crippen LogP contribution in [-0.2, 0) is 30.0 Å². The number of aldehydes is 1. The number of nitrogens with one attached hydrogen (secondary N) is 1. The molecule has 12 heteroatoms. The first-order valence-electron chi connectivity index (χ1n) is 15.8. The monoisotopic (exact) mass is 649 g/mol. The third-order valence-corrected chi connectivity index (χ3v) is 9.76. The number of thioether (sulfide) groups is 1. The third kappa shape index (κ3) is 8.75. The third-order valence-electron chi connectivity index (χ3n) is 9.21. The van der Waals surface area contributed by atoms with E-state index >= 15 is 0 Å². The van der Waals surface area contributed by atoms with Gasteiger partial charge in [0.25, 0.3) is 0 Å². The summed E-state index contributed by atoms with van der Waals surface area (Å²) in [6, 6.07) is 3.35. The van der Waals surface area contributed by atoms with E-state index in [4.69, 9.17) is 28.3 Å². The molecule has 0 aromatic heterocycles. The molecule has 3 aliphatic carbocycles. The lowest BCUT2D eigenvalue weighted by atomic mass is 9.43. The Labute approximate surface area is 273 Å². The SMILES string of the molecule is CCCCOC.COc1ccc(CC(NC(=O)CSC)B2OC3CC4CC(C4(C)C)C3(C)O2)c(OC(=O)OC(C)(C)C)c1C=O. The van der Waals surface area contributed by atoms with E-state index in [-0.39, 0.29) is 46.7 Å². The van der Waals surface area contributed by atoms with Crippen LogP contribution in [0.5, 0.6) is 11.5 Å². The minimum atomic E-state index is -0.947. The first kappa shape index (κ1) is 37.2. The molecule has 1 saturated heterocycles. The summed E-state index contributed by atoms with van der Waals surface area (Å²) in [4.78, 5) is 37.5. The van der Waals surface area contributed by atoms with Crippen molar-refractivity contribution < 1.29 is 42.6 Å². The van der Waals surface area contributed by atoms with Gasteiger partial charge in [-0.3, -0.25) is 9.59 Å². The molecule has 1 aromatic carbocycles. The van der Waals surface area contributed by atoms with E-state index in [0.717, 1.165) is 19.4 Å². The fourth-order valence-electron chi connectivity index (χ4n) is 6.74. The van der Waals surface area contributed by atoms with E-state index in [0.29, 0.717) is 23.7 Å². The molecule has 45 heavy (non-hydrogen) atoms. The summed E-state index contributed by atoms with van der Waals surface area (Å²) in [5.74, 6) is 0.722. The number of hydrogen-bond donors (Lipinski definition) is 1. The van der Waals surface area contributed by atoms with E-state index in [1.807, 2.05) is 6.26 Å². The Hall–Kier alpha value is -2.28. The number of carbonyl (C=O) groups excluding carboxylic acids is 3. The second-order valence-corrected chi connectivity index (χ2v) is 14.7. The zero-order chi connectivity index (χ0) is 33.6. The molecule has 5 atom stereocenters. The molecule has 1 amide bonds. The summed E-state index contributed by atoms with van der Waals surface area (Å²) < 4.78 is 34.2. The molecule has 4 aliphatic rings. The Kier molecular flexibility index (Phi) is 12.8. The largest absolute Gasteiger partial charge is 0.514 e. The maximum Gasteiger partial charge on any atom is 0.514 e. The highest BCUT2D eigenvalue weighted by atomic mass is 32.2. The minimum absolute atomic E-state index is 0.0210. The second-order valence-electron chi connectivity index (χ2n) is 13.8. The van der Waals surface area contributed by atoms with Crippen LogP contribution >= 0.6 is 11.8 Å². The lowest BCUT2D eigenvalue weighted by molar-refractivity contribution is -0.199. The lowest BCUT2D eigenvalue weighted by Crippen LogP contribution is -2.65. The van der Waals surface area contributed by atoms with Crippen LogP contribution in [0.3, 0.4) is 0 Å². The standard InChI is InChI=1S/C28H40BNO8S.C5H12O/c1-26(2,3)36-25(33)35-24-16(9-10-19(34-7)18(24)14-31)11-22(30-23(32)15-39-8)29-37-21-13-17-12-20(27(17,4)5)28(21,6)38-29;1-3-4-5-6-2/h9-10,14,17,20-22H,11-13,15H2,1-8H3,(H,30,32);3-5H2,1-2H3. The van der Waals surface area contributed by atoms with Crippen LogP contribution in [0.1, 0.15) is 90.1 Å². The van der Waals surface area contributed by atoms with Crippen molar-refractivity contribution in [3.8, 4) is 11.5 Å². The van der Waals surface area contributed by atoms with Crippen molar-refractivity contribution >= 4 is 37.2 Å². The summed E-state index contributed by atoms with van der Waals surface area (Å²) in [5.41, 5.74) is -0.502. The smallest absolute Gasteiger partial charge is 0.496 e. The van der Waals surface area contributed by atoms with Gasteiger partial charge in [-0.15, -0.1) is 0 Å². The number of hydrogen-bond acceptors (Lipinski definition) is 10. The number of methoxy groups -OCH3 is 2. The van der Waals surface area contributed by atoms with Crippen molar-refractivity contribution in [2.75, 3.05) is 32.8 Å². The first-order valence-corrected chi connectivity index (χ1v) is 17.2. The number of rotatable bonds is 12. The van der Waals surface area contributed by atoms with Crippen molar-refractivity contribution in [3.63, 3.8) is 0 Å². The van der Waals surface area contributed by atoms with Crippen LogP contribution in [0.4, 0.5) is 4.79 Å². The van der Waals surface area contributed by atoms with Gasteiger partial charge in [0.1, 0.15) is 11.4 Å². The molecule has 2 bridgehead atoms. The number of unbranched alkanes of at least 4 members (excludes halogenated alkanes) is 1. The topological polar surface area (TPSA) is 119 Å². The van der Waals surface area contributed by atoms with Gasteiger partial charge in [0.15, 0.2) is 12.0 Å². The highest BCUT2D eigenvalue weighted by molar-refractivity contribution is 7.99. The average molecular weight is 650 g/mol. The van der Waals surface area contributed by atoms with Crippen molar-refractivity contribution in [3.05, 3.63) is 23.3 Å². The number of benzene rings is 1. The van der Waals surface area contributed by atoms with Crippen LogP contribution in [0, 0.1) is 17.3 Å². The Morgan fingerprint density at radius 3 is 2.44 bits per heavy atom. The fraction of sp³-hybridized carbons (Fsp3) is 0.727. The van der Waals surface area contributed by atoms with Gasteiger partial charge in [-0.2, -0.15) is 11.8 Å². The minimum Gasteiger partial charge on any atom is -0.496 e. The molecular formula is C33H52BNO9S. The van der Waals surface area contributed by atoms with Crippen LogP contribution in [0.2, 0.25) is 0 Å². The lowest BCUT2D eigenvalue weighted by Gasteiger charge is -2.64. The molecule has 1 aromatic rings. The first-order chi connectivity index (χ1) is 21.1. The van der Waals surface area contributed by atoms with Crippen LogP contribution in [0.25, 0.3) is 0 Å². The highest BCUT2D eigenvalue weighted by Crippen LogP contribution is 2.65. The number of ether oxygens (including phenoxy) is 4. The van der Waals surface area contributed by atoms with Crippen LogP contribution in [0.15, 0.2) is 12.1 Å². The molecular weight excluding hydrogens is 597 g/mol. The van der Waals surface area contributed by atoms with Crippen LogP contribution < -0.4 is 14.8 Å². The van der Waals surface area contributed by atoms with Gasteiger partial charge in [0, 0.05) is 13.7 Å². The maximum atomic E-state index is 12.8. The predicted octanol–water partition coefficient (Wildman–Crippen LogP) is 5.91. The molecule has 5 rings (SSSR count). The second kappa shape index (κ2) is 15.5. The van der Waals surface area contributed by atoms with Gasteiger partial charge < -0.3 is 33.6 Å². The molecule has 10 nitrogen and oxygen atoms in total. The van der Waals surface area contributed by atoms with Gasteiger partial charge in [-0.05, 0) is 88.5 Å². The summed E-state index contributed by atoms with van der Waals surface area (Å²) in [5, 5.41) is 3.07. The van der Waals surface area contributed by atoms with Gasteiger partial charge in [-0.25, -0.2) is 4.79 Å². The normalized spacial score (nSPS) is 25.1. The molecule has 5 unspecified atom stereocenters. The number of carbonyl (C=O) groups is 3. The predicted molar refractivity (Wildman–Crippen MR) is 176 cm³/mol. The van der Waals surface area contributed by atoms with E-state index in [1.54, 1.807) is 40.0 Å². The van der Waals surface area contributed by atoms with Crippen molar-refractivity contribution in [2.45, 2.75) is 104 Å². The fourth-order valence-corrected chi connectivity index (χ4v) is 7.09. The van der Waals surface area contributed by atoms with Gasteiger partial charge in [-0.1, -0.05) is 33.3 Å². The summed E-state index contributed by atoms with van der Waals surface area (Å²) in [6.45, 7) is 14.9. The Bertz CT molecular complexity index is 1190. The Morgan fingerprint density at radius 1 is 1.20 bits per heavy atom. The number of amides is 1. The zero-order valence-electron chi connectivity index (χ0n) is 28.7. The molecule has 0 spiro atoms. The summed E-state index contributed by atoms with van der Waals surface area (Å²) >= 11 is 1.41. The Balaban J connectivity index is 0.000000838. The Morgan fingerprint density at radius 2 is 1.91 bits per heavy atom. The van der Waals surface area contributed by atoms with Crippen LogP contribution in [-0.4, -0.2) is 81.5 Å². The molecule has 1 aliphatic heterocycles. The van der Waals surface area contributed by atoms with E-state index in [1.165, 1.54) is 31.7 Å². The quantitative estimate of drug-likeness (QED) is 0.0962. The van der Waals surface area contributed by atoms with Gasteiger partial charge >= 0.3 is 13.3 Å². The van der Waals surface area contributed by atoms with Crippen molar-refractivity contribution in [2.24, 2.45) is 17.3 Å². The maximum absolute atomic E-state index is 12.8. The van der Waals surface area contributed by atoms with E-state index < -0.39 is 30.4 Å². The van der Waals surface area contributed by atoms with Crippen molar-refractivity contribution in [1.29, 1.82) is 0 Å². The van der Waals surface area contributed by atoms with Crippen molar-refractivity contribution in [1.82, 2.24) is 5.32 Å². The molecule has 1 heterocycles. The van der Waals surface area contributed by atoms with E-state index in [9.17, 15) is 14.4 Å². The zero-order valence-corrected chi connectivity index (χ0v) is 29.5. The average Bonchev–Trinajstić information content (AvgIpc) is 3.33. The molecule has 1 N–H and O–H groups in total.